The molecule has 0 saturated carbocycles. The molecule has 1 aliphatic rings. The molecule has 0 aromatic heterocycles. The van der Waals surface area contributed by atoms with Gasteiger partial charge < -0.3 is 15.4 Å². The fourth-order valence-electron chi connectivity index (χ4n) is 2.52. The number of hydrogen-bond donors (Lipinski definition) is 2. The Morgan fingerprint density at radius 3 is 2.71 bits per heavy atom. The Balaban J connectivity index is 2.09. The number of carbonyl (C=O) groups excluding carboxylic acids is 2. The van der Waals surface area contributed by atoms with Crippen LogP contribution >= 0.6 is 0 Å². The summed E-state index contributed by atoms with van der Waals surface area (Å²) in [6, 6.07) is 4.93. The van der Waals surface area contributed by atoms with Crippen molar-refractivity contribution in [3.8, 4) is 0 Å². The second-order valence-electron chi connectivity index (χ2n) is 5.48. The Morgan fingerprint density at radius 1 is 1.29 bits per heavy atom. The molecular formula is C15H21N3O5S. The second-order valence-corrected chi connectivity index (χ2v) is 7.39. The molecule has 0 unspecified atom stereocenters. The van der Waals surface area contributed by atoms with Crippen LogP contribution in [-0.2, 0) is 30.8 Å². The number of carbonyl (C=O) groups is 2. The number of amides is 2. The molecule has 0 fully saturated rings. The van der Waals surface area contributed by atoms with Gasteiger partial charge in [0.25, 0.3) is 0 Å². The third kappa shape index (κ3) is 4.45. The Labute approximate surface area is 141 Å². The van der Waals surface area contributed by atoms with E-state index in [0.717, 1.165) is 5.56 Å². The van der Waals surface area contributed by atoms with Gasteiger partial charge in [0, 0.05) is 25.9 Å². The number of methoxy groups -OCH3 is 1. The number of benzene rings is 1. The molecule has 0 atom stereocenters. The van der Waals surface area contributed by atoms with Gasteiger partial charge in [-0.1, -0.05) is 0 Å². The van der Waals surface area contributed by atoms with Crippen LogP contribution in [0, 0.1) is 0 Å². The van der Waals surface area contributed by atoms with Gasteiger partial charge >= 0.3 is 11.8 Å². The summed E-state index contributed by atoms with van der Waals surface area (Å²) in [6.45, 7) is 1.01. The van der Waals surface area contributed by atoms with Gasteiger partial charge in [-0.15, -0.1) is 0 Å². The summed E-state index contributed by atoms with van der Waals surface area (Å²) in [5.74, 6) is -1.52. The summed E-state index contributed by atoms with van der Waals surface area (Å²) in [7, 11) is -1.83. The molecule has 9 heteroatoms. The zero-order valence-corrected chi connectivity index (χ0v) is 14.5. The highest BCUT2D eigenvalue weighted by atomic mass is 32.2. The van der Waals surface area contributed by atoms with Crippen molar-refractivity contribution < 1.29 is 22.7 Å². The lowest BCUT2D eigenvalue weighted by molar-refractivity contribution is -0.136. The molecule has 0 bridgehead atoms. The number of anilines is 2. The van der Waals surface area contributed by atoms with E-state index < -0.39 is 21.8 Å². The van der Waals surface area contributed by atoms with Gasteiger partial charge in [0.2, 0.25) is 10.0 Å². The predicted octanol–water partition coefficient (Wildman–Crippen LogP) is 0.0999. The van der Waals surface area contributed by atoms with Crippen molar-refractivity contribution in [2.45, 2.75) is 12.8 Å². The van der Waals surface area contributed by atoms with Gasteiger partial charge in [-0.05, 0) is 36.6 Å². The standard InChI is InChI=1S/C15H21N3O5S/c1-23-9-7-16-14(19)15(20)17-12-5-6-13-11(10-12)4-3-8-18(13)24(2,21)22/h5-6,10H,3-4,7-9H2,1-2H3,(H,16,19)(H,17,20). The lowest BCUT2D eigenvalue weighted by Gasteiger charge is -2.29. The fourth-order valence-corrected chi connectivity index (χ4v) is 3.52. The molecule has 1 heterocycles. The summed E-state index contributed by atoms with van der Waals surface area (Å²) < 4.78 is 29.8. The van der Waals surface area contributed by atoms with Crippen molar-refractivity contribution >= 4 is 33.2 Å². The van der Waals surface area contributed by atoms with E-state index in [4.69, 9.17) is 4.74 Å². The predicted molar refractivity (Wildman–Crippen MR) is 90.5 cm³/mol. The van der Waals surface area contributed by atoms with Crippen LogP contribution in [-0.4, -0.2) is 53.3 Å². The number of nitrogens with zero attached hydrogens (tertiary/aromatic N) is 1. The number of hydrogen-bond acceptors (Lipinski definition) is 5. The molecule has 132 valence electrons. The molecule has 2 rings (SSSR count). The minimum absolute atomic E-state index is 0.246. The number of aryl methyl sites for hydroxylation is 1. The summed E-state index contributed by atoms with van der Waals surface area (Å²) in [5, 5.41) is 4.94. The summed E-state index contributed by atoms with van der Waals surface area (Å²) in [4.78, 5) is 23.5. The highest BCUT2D eigenvalue weighted by Gasteiger charge is 2.24. The number of sulfonamides is 1. The molecule has 0 spiro atoms. The van der Waals surface area contributed by atoms with E-state index in [1.54, 1.807) is 18.2 Å². The lowest BCUT2D eigenvalue weighted by Crippen LogP contribution is -2.37. The maximum absolute atomic E-state index is 11.8. The highest BCUT2D eigenvalue weighted by Crippen LogP contribution is 2.31. The first-order valence-corrected chi connectivity index (χ1v) is 9.36. The fraction of sp³-hybridized carbons (Fsp3) is 0.467. The molecule has 2 N–H and O–H groups in total. The number of nitrogens with one attached hydrogen (secondary N) is 2. The molecule has 0 radical (unpaired) electrons. The van der Waals surface area contributed by atoms with E-state index in [-0.39, 0.29) is 6.54 Å². The zero-order chi connectivity index (χ0) is 17.7. The monoisotopic (exact) mass is 355 g/mol. The van der Waals surface area contributed by atoms with E-state index in [1.165, 1.54) is 17.7 Å². The van der Waals surface area contributed by atoms with Crippen molar-refractivity contribution in [3.63, 3.8) is 0 Å². The Hall–Kier alpha value is -2.13. The third-order valence-electron chi connectivity index (χ3n) is 3.61. The third-order valence-corrected chi connectivity index (χ3v) is 4.79. The van der Waals surface area contributed by atoms with E-state index in [9.17, 15) is 18.0 Å². The van der Waals surface area contributed by atoms with E-state index in [0.29, 0.717) is 37.4 Å². The van der Waals surface area contributed by atoms with Crippen molar-refractivity contribution in [2.24, 2.45) is 0 Å². The minimum Gasteiger partial charge on any atom is -0.383 e. The first-order chi connectivity index (χ1) is 11.3. The molecule has 8 nitrogen and oxygen atoms in total. The summed E-state index contributed by atoms with van der Waals surface area (Å²) >= 11 is 0. The summed E-state index contributed by atoms with van der Waals surface area (Å²) in [6.07, 6.45) is 2.59. The molecule has 0 aliphatic carbocycles. The number of rotatable bonds is 5. The SMILES string of the molecule is COCCNC(=O)C(=O)Nc1ccc2c(c1)CCCN2S(C)(=O)=O. The smallest absolute Gasteiger partial charge is 0.313 e. The molecule has 0 saturated heterocycles. The van der Waals surface area contributed by atoms with Crippen molar-refractivity contribution in [1.29, 1.82) is 0 Å². The molecule has 1 aromatic rings. The van der Waals surface area contributed by atoms with Crippen LogP contribution in [0.4, 0.5) is 11.4 Å². The largest absolute Gasteiger partial charge is 0.383 e. The van der Waals surface area contributed by atoms with Gasteiger partial charge in [-0.2, -0.15) is 0 Å². The lowest BCUT2D eigenvalue weighted by atomic mass is 10.0. The van der Waals surface area contributed by atoms with Gasteiger partial charge in [0.05, 0.1) is 18.6 Å². The molecular weight excluding hydrogens is 334 g/mol. The summed E-state index contributed by atoms with van der Waals surface area (Å²) in [5.41, 5.74) is 1.89. The first-order valence-electron chi connectivity index (χ1n) is 7.51. The average Bonchev–Trinajstić information content (AvgIpc) is 2.53. The topological polar surface area (TPSA) is 105 Å². The van der Waals surface area contributed by atoms with Gasteiger partial charge in [-0.25, -0.2) is 8.42 Å². The average molecular weight is 355 g/mol. The van der Waals surface area contributed by atoms with Crippen LogP contribution in [0.2, 0.25) is 0 Å². The molecule has 24 heavy (non-hydrogen) atoms. The van der Waals surface area contributed by atoms with E-state index in [1.807, 2.05) is 0 Å². The molecule has 1 aromatic carbocycles. The van der Waals surface area contributed by atoms with Crippen LogP contribution in [0.1, 0.15) is 12.0 Å². The van der Waals surface area contributed by atoms with Gasteiger partial charge in [0.15, 0.2) is 0 Å². The van der Waals surface area contributed by atoms with Gasteiger partial charge in [0.1, 0.15) is 0 Å². The number of ether oxygens (including phenoxy) is 1. The first kappa shape index (κ1) is 18.2. The highest BCUT2D eigenvalue weighted by molar-refractivity contribution is 7.92. The number of fused-ring (bicyclic) bond motifs is 1. The van der Waals surface area contributed by atoms with Crippen molar-refractivity contribution in [1.82, 2.24) is 5.32 Å². The Kier molecular flexibility index (Phi) is 5.79. The van der Waals surface area contributed by atoms with Crippen LogP contribution in [0.15, 0.2) is 18.2 Å². The van der Waals surface area contributed by atoms with Crippen LogP contribution in [0.3, 0.4) is 0 Å². The van der Waals surface area contributed by atoms with E-state index in [2.05, 4.69) is 10.6 Å². The maximum atomic E-state index is 11.8. The molecule has 2 amide bonds. The zero-order valence-electron chi connectivity index (χ0n) is 13.7. The van der Waals surface area contributed by atoms with Crippen molar-refractivity contribution in [2.75, 3.05) is 42.7 Å². The van der Waals surface area contributed by atoms with Crippen LogP contribution in [0.25, 0.3) is 0 Å². The quantitative estimate of drug-likeness (QED) is 0.576. The Bertz CT molecular complexity index is 733. The maximum Gasteiger partial charge on any atom is 0.313 e. The normalized spacial score (nSPS) is 14.0. The Morgan fingerprint density at radius 2 is 2.04 bits per heavy atom. The van der Waals surface area contributed by atoms with Crippen LogP contribution < -0.4 is 14.9 Å². The van der Waals surface area contributed by atoms with Crippen molar-refractivity contribution in [3.05, 3.63) is 23.8 Å². The second kappa shape index (κ2) is 7.63. The van der Waals surface area contributed by atoms with Gasteiger partial charge in [-0.3, -0.25) is 13.9 Å². The van der Waals surface area contributed by atoms with Crippen LogP contribution in [0.5, 0.6) is 0 Å². The minimum atomic E-state index is -3.33. The van der Waals surface area contributed by atoms with E-state index >= 15 is 0 Å². The molecule has 1 aliphatic heterocycles.